The molecule has 0 aliphatic rings. The summed E-state index contributed by atoms with van der Waals surface area (Å²) in [6, 6.07) is 0. The molecule has 0 saturated carbocycles. The van der Waals surface area contributed by atoms with Crippen LogP contribution >= 0.6 is 0 Å². The summed E-state index contributed by atoms with van der Waals surface area (Å²) in [7, 11) is 0. The molecule has 0 amide bonds. The molecule has 0 bridgehead atoms. The minimum absolute atomic E-state index is 0.174. The summed E-state index contributed by atoms with van der Waals surface area (Å²) in [5.74, 6) is 0. The van der Waals surface area contributed by atoms with Crippen LogP contribution in [-0.2, 0) is 11.3 Å². The van der Waals surface area contributed by atoms with Crippen molar-refractivity contribution >= 4 is 0 Å². The first kappa shape index (κ1) is 10.2. The lowest BCUT2D eigenvalue weighted by atomic mass is 10.2. The van der Waals surface area contributed by atoms with Crippen LogP contribution in [0.3, 0.4) is 0 Å². The molecule has 0 aliphatic carbocycles. The van der Waals surface area contributed by atoms with Crippen LogP contribution in [-0.4, -0.2) is 28.8 Å². The van der Waals surface area contributed by atoms with E-state index >= 15 is 0 Å². The Labute approximate surface area is 78.7 Å². The summed E-state index contributed by atoms with van der Waals surface area (Å²) >= 11 is 0. The topological polar surface area (TPSA) is 53.1 Å². The van der Waals surface area contributed by atoms with E-state index < -0.39 is 0 Å². The number of hydrogen-bond acceptors (Lipinski definition) is 3. The first-order chi connectivity index (χ1) is 6.36. The smallest absolute Gasteiger partial charge is 0.0945 e. The molecule has 1 rings (SSSR count). The van der Waals surface area contributed by atoms with Crippen molar-refractivity contribution in [3.05, 3.63) is 18.7 Å². The lowest BCUT2D eigenvalue weighted by Crippen LogP contribution is -2.25. The van der Waals surface area contributed by atoms with Gasteiger partial charge in [-0.3, -0.25) is 0 Å². The van der Waals surface area contributed by atoms with Crippen LogP contribution in [0.5, 0.6) is 0 Å². The molecule has 1 aromatic rings. The van der Waals surface area contributed by atoms with Gasteiger partial charge in [0.15, 0.2) is 0 Å². The fourth-order valence-electron chi connectivity index (χ4n) is 1.22. The van der Waals surface area contributed by atoms with Crippen LogP contribution in [0, 0.1) is 0 Å². The standard InChI is InChI=1S/C9H17N3O/c1-2-13-9(7-10)3-5-12-6-4-11-8-12/h4,6,8-9H,2-3,5,7,10H2,1H3. The minimum atomic E-state index is 0.174. The van der Waals surface area contributed by atoms with Gasteiger partial charge in [0.1, 0.15) is 0 Å². The summed E-state index contributed by atoms with van der Waals surface area (Å²) in [6.07, 6.45) is 6.64. The maximum absolute atomic E-state index is 5.55. The number of hydrogen-bond donors (Lipinski definition) is 1. The fourth-order valence-corrected chi connectivity index (χ4v) is 1.22. The van der Waals surface area contributed by atoms with Gasteiger partial charge in [-0.05, 0) is 13.3 Å². The zero-order valence-corrected chi connectivity index (χ0v) is 8.02. The Morgan fingerprint density at radius 2 is 2.46 bits per heavy atom. The van der Waals surface area contributed by atoms with Crippen LogP contribution in [0.1, 0.15) is 13.3 Å². The van der Waals surface area contributed by atoms with E-state index in [0.29, 0.717) is 6.54 Å². The van der Waals surface area contributed by atoms with E-state index in [-0.39, 0.29) is 6.10 Å². The maximum atomic E-state index is 5.55. The Kier molecular flexibility index (Phi) is 4.49. The van der Waals surface area contributed by atoms with Gasteiger partial charge in [0, 0.05) is 32.1 Å². The van der Waals surface area contributed by atoms with E-state index in [1.165, 1.54) is 0 Å². The fraction of sp³-hybridized carbons (Fsp3) is 0.667. The van der Waals surface area contributed by atoms with Crippen molar-refractivity contribution in [1.82, 2.24) is 9.55 Å². The lowest BCUT2D eigenvalue weighted by molar-refractivity contribution is 0.0599. The van der Waals surface area contributed by atoms with Gasteiger partial charge in [0.25, 0.3) is 0 Å². The molecule has 0 fully saturated rings. The third-order valence-corrected chi connectivity index (χ3v) is 1.93. The van der Waals surface area contributed by atoms with Gasteiger partial charge < -0.3 is 15.0 Å². The quantitative estimate of drug-likeness (QED) is 0.704. The molecule has 0 saturated heterocycles. The largest absolute Gasteiger partial charge is 0.377 e. The zero-order valence-electron chi connectivity index (χ0n) is 8.02. The summed E-state index contributed by atoms with van der Waals surface area (Å²) in [5, 5.41) is 0. The van der Waals surface area contributed by atoms with Crippen LogP contribution in [0.15, 0.2) is 18.7 Å². The highest BCUT2D eigenvalue weighted by atomic mass is 16.5. The minimum Gasteiger partial charge on any atom is -0.377 e. The van der Waals surface area contributed by atoms with Gasteiger partial charge in [0.2, 0.25) is 0 Å². The van der Waals surface area contributed by atoms with Gasteiger partial charge in [-0.1, -0.05) is 0 Å². The van der Waals surface area contributed by atoms with E-state index in [2.05, 4.69) is 4.98 Å². The summed E-state index contributed by atoms with van der Waals surface area (Å²) < 4.78 is 7.46. The molecule has 0 radical (unpaired) electrons. The van der Waals surface area contributed by atoms with E-state index in [1.54, 1.807) is 12.5 Å². The highest BCUT2D eigenvalue weighted by molar-refractivity contribution is 4.74. The molecule has 1 heterocycles. The van der Waals surface area contributed by atoms with Gasteiger partial charge in [-0.25, -0.2) is 4.98 Å². The van der Waals surface area contributed by atoms with Crippen molar-refractivity contribution < 1.29 is 4.74 Å². The number of ether oxygens (including phenoxy) is 1. The molecular weight excluding hydrogens is 166 g/mol. The van der Waals surface area contributed by atoms with Crippen molar-refractivity contribution in [2.45, 2.75) is 26.0 Å². The lowest BCUT2D eigenvalue weighted by Gasteiger charge is -2.14. The molecule has 2 N–H and O–H groups in total. The van der Waals surface area contributed by atoms with E-state index in [1.807, 2.05) is 17.7 Å². The Hall–Kier alpha value is -0.870. The van der Waals surface area contributed by atoms with Crippen molar-refractivity contribution in [1.29, 1.82) is 0 Å². The molecule has 0 aromatic carbocycles. The molecular formula is C9H17N3O. The Bertz CT molecular complexity index is 211. The monoisotopic (exact) mass is 183 g/mol. The normalized spacial score (nSPS) is 13.1. The Balaban J connectivity index is 2.23. The van der Waals surface area contributed by atoms with E-state index in [4.69, 9.17) is 10.5 Å². The van der Waals surface area contributed by atoms with Crippen LogP contribution in [0.2, 0.25) is 0 Å². The molecule has 13 heavy (non-hydrogen) atoms. The second-order valence-electron chi connectivity index (χ2n) is 2.90. The van der Waals surface area contributed by atoms with Crippen molar-refractivity contribution in [3.63, 3.8) is 0 Å². The number of rotatable bonds is 6. The summed E-state index contributed by atoms with van der Waals surface area (Å²) in [5.41, 5.74) is 5.55. The third-order valence-electron chi connectivity index (χ3n) is 1.93. The Morgan fingerprint density at radius 3 is 3.00 bits per heavy atom. The number of aryl methyl sites for hydroxylation is 1. The predicted octanol–water partition coefficient (Wildman–Crippen LogP) is 0.637. The first-order valence-electron chi connectivity index (χ1n) is 4.64. The molecule has 1 atom stereocenters. The molecule has 0 spiro atoms. The molecule has 1 unspecified atom stereocenters. The highest BCUT2D eigenvalue weighted by Gasteiger charge is 2.05. The third kappa shape index (κ3) is 3.57. The summed E-state index contributed by atoms with van der Waals surface area (Å²) in [4.78, 5) is 3.96. The molecule has 4 nitrogen and oxygen atoms in total. The molecule has 74 valence electrons. The molecule has 1 aromatic heterocycles. The predicted molar refractivity (Wildman–Crippen MR) is 51.3 cm³/mol. The van der Waals surface area contributed by atoms with Gasteiger partial charge in [-0.15, -0.1) is 0 Å². The van der Waals surface area contributed by atoms with Crippen molar-refractivity contribution in [3.8, 4) is 0 Å². The van der Waals surface area contributed by atoms with Crippen LogP contribution in [0.4, 0.5) is 0 Å². The molecule has 4 heteroatoms. The maximum Gasteiger partial charge on any atom is 0.0945 e. The average molecular weight is 183 g/mol. The van der Waals surface area contributed by atoms with Crippen LogP contribution < -0.4 is 5.73 Å². The first-order valence-corrected chi connectivity index (χ1v) is 4.64. The van der Waals surface area contributed by atoms with Crippen molar-refractivity contribution in [2.75, 3.05) is 13.2 Å². The zero-order chi connectivity index (χ0) is 9.52. The number of aromatic nitrogens is 2. The average Bonchev–Trinajstić information content (AvgIpc) is 2.64. The highest BCUT2D eigenvalue weighted by Crippen LogP contribution is 1.99. The second-order valence-corrected chi connectivity index (χ2v) is 2.90. The number of nitrogens with two attached hydrogens (primary N) is 1. The number of imidazole rings is 1. The van der Waals surface area contributed by atoms with Gasteiger partial charge in [-0.2, -0.15) is 0 Å². The summed E-state index contributed by atoms with van der Waals surface area (Å²) in [6.45, 7) is 4.22. The van der Waals surface area contributed by atoms with Crippen LogP contribution in [0.25, 0.3) is 0 Å². The second kappa shape index (κ2) is 5.72. The van der Waals surface area contributed by atoms with E-state index in [0.717, 1.165) is 19.6 Å². The Morgan fingerprint density at radius 1 is 1.62 bits per heavy atom. The van der Waals surface area contributed by atoms with E-state index in [9.17, 15) is 0 Å². The van der Waals surface area contributed by atoms with Gasteiger partial charge in [0.05, 0.1) is 12.4 Å². The van der Waals surface area contributed by atoms with Crippen molar-refractivity contribution in [2.24, 2.45) is 5.73 Å². The molecule has 0 aliphatic heterocycles. The SMILES string of the molecule is CCOC(CN)CCn1ccnc1. The number of nitrogens with zero attached hydrogens (tertiary/aromatic N) is 2. The van der Waals surface area contributed by atoms with Gasteiger partial charge >= 0.3 is 0 Å².